The fourth-order valence-electron chi connectivity index (χ4n) is 5.56. The van der Waals surface area contributed by atoms with Crippen LogP contribution in [-0.2, 0) is 9.59 Å². The number of methoxy groups -OCH3 is 1. The zero-order valence-corrected chi connectivity index (χ0v) is 19.6. The molecule has 2 fully saturated rings. The summed E-state index contributed by atoms with van der Waals surface area (Å²) in [6.45, 7) is 7.86. The molecule has 4 amide bonds. The van der Waals surface area contributed by atoms with E-state index in [2.05, 4.69) is 11.4 Å². The van der Waals surface area contributed by atoms with Gasteiger partial charge in [0.05, 0.1) is 30.2 Å². The average Bonchev–Trinajstić information content (AvgIpc) is 3.01. The van der Waals surface area contributed by atoms with E-state index in [-0.39, 0.29) is 29.7 Å². The van der Waals surface area contributed by atoms with Crippen LogP contribution in [0.15, 0.2) is 24.3 Å². The van der Waals surface area contributed by atoms with E-state index in [9.17, 15) is 14.4 Å². The van der Waals surface area contributed by atoms with Gasteiger partial charge in [0.1, 0.15) is 11.9 Å². The standard InChI is InChI=1S/C25H33N3O4/c1-6-21(27-22(29)17-9-7-8-10-18(17)23(27)30)26-24(31)28-20-12-11-16(32-5)13-19(20)15(2)14-25(28,3)4/h11-14,17-18,21H,6-10H2,1-5H3,(H,26,31). The van der Waals surface area contributed by atoms with Crippen molar-refractivity contribution in [3.05, 3.63) is 29.8 Å². The molecule has 2 aliphatic heterocycles. The molecule has 1 saturated heterocycles. The highest BCUT2D eigenvalue weighted by molar-refractivity contribution is 6.06. The Labute approximate surface area is 189 Å². The third-order valence-electron chi connectivity index (χ3n) is 7.08. The maximum absolute atomic E-state index is 13.6. The van der Waals surface area contributed by atoms with Crippen LogP contribution in [0, 0.1) is 11.8 Å². The van der Waals surface area contributed by atoms with Crippen molar-refractivity contribution in [3.8, 4) is 5.75 Å². The van der Waals surface area contributed by atoms with Gasteiger partial charge in [-0.15, -0.1) is 0 Å². The number of rotatable bonds is 4. The van der Waals surface area contributed by atoms with Crippen LogP contribution in [0.4, 0.5) is 10.5 Å². The zero-order valence-electron chi connectivity index (χ0n) is 19.6. The monoisotopic (exact) mass is 439 g/mol. The first-order chi connectivity index (χ1) is 15.2. The van der Waals surface area contributed by atoms with Crippen molar-refractivity contribution in [2.24, 2.45) is 11.8 Å². The molecule has 172 valence electrons. The molecule has 0 spiro atoms. The highest BCUT2D eigenvalue weighted by atomic mass is 16.5. The number of fused-ring (bicyclic) bond motifs is 2. The maximum Gasteiger partial charge on any atom is 0.324 e. The molecule has 1 saturated carbocycles. The second kappa shape index (κ2) is 8.26. The lowest BCUT2D eigenvalue weighted by Gasteiger charge is -2.42. The largest absolute Gasteiger partial charge is 0.497 e. The number of carbonyl (C=O) groups is 3. The van der Waals surface area contributed by atoms with E-state index in [1.807, 2.05) is 45.9 Å². The lowest BCUT2D eigenvalue weighted by molar-refractivity contribution is -0.143. The second-order valence-corrected chi connectivity index (χ2v) is 9.62. The van der Waals surface area contributed by atoms with Crippen LogP contribution in [0.5, 0.6) is 5.75 Å². The van der Waals surface area contributed by atoms with Crippen molar-refractivity contribution in [3.63, 3.8) is 0 Å². The Morgan fingerprint density at radius 2 is 1.81 bits per heavy atom. The number of imide groups is 1. The number of ether oxygens (including phenoxy) is 1. The third kappa shape index (κ3) is 3.57. The fourth-order valence-corrected chi connectivity index (χ4v) is 5.56. The van der Waals surface area contributed by atoms with E-state index in [1.165, 1.54) is 4.90 Å². The van der Waals surface area contributed by atoms with Crippen LogP contribution < -0.4 is 15.0 Å². The molecule has 3 aliphatic rings. The smallest absolute Gasteiger partial charge is 0.324 e. The number of urea groups is 1. The number of nitrogens with one attached hydrogen (secondary N) is 1. The van der Waals surface area contributed by atoms with Crippen LogP contribution in [0.3, 0.4) is 0 Å². The molecular formula is C25H33N3O4. The highest BCUT2D eigenvalue weighted by Gasteiger charge is 2.50. The number of amides is 4. The maximum atomic E-state index is 13.6. The van der Waals surface area contributed by atoms with E-state index < -0.39 is 11.7 Å². The first kappa shape index (κ1) is 22.4. The quantitative estimate of drug-likeness (QED) is 0.709. The molecule has 1 N–H and O–H groups in total. The molecular weight excluding hydrogens is 406 g/mol. The van der Waals surface area contributed by atoms with Crippen LogP contribution in [0.2, 0.25) is 0 Å². The summed E-state index contributed by atoms with van der Waals surface area (Å²) in [6.07, 6.45) is 5.33. The zero-order chi connectivity index (χ0) is 23.2. The molecule has 3 atom stereocenters. The number of hydrogen-bond acceptors (Lipinski definition) is 4. The number of nitrogens with zero attached hydrogens (tertiary/aromatic N) is 2. The number of carbonyl (C=O) groups excluding carboxylic acids is 3. The summed E-state index contributed by atoms with van der Waals surface area (Å²) in [5.74, 6) is -0.00469. The van der Waals surface area contributed by atoms with Gasteiger partial charge in [-0.3, -0.25) is 19.4 Å². The van der Waals surface area contributed by atoms with Gasteiger partial charge in [-0.2, -0.15) is 0 Å². The van der Waals surface area contributed by atoms with Gasteiger partial charge in [0.2, 0.25) is 11.8 Å². The van der Waals surface area contributed by atoms with Crippen LogP contribution in [0.25, 0.3) is 5.57 Å². The van der Waals surface area contributed by atoms with E-state index in [0.717, 1.165) is 48.3 Å². The highest BCUT2D eigenvalue weighted by Crippen LogP contribution is 2.41. The predicted molar refractivity (Wildman–Crippen MR) is 123 cm³/mol. The van der Waals surface area contributed by atoms with E-state index in [1.54, 1.807) is 12.0 Å². The summed E-state index contributed by atoms with van der Waals surface area (Å²) in [7, 11) is 1.62. The number of hydrogen-bond donors (Lipinski definition) is 1. The van der Waals surface area contributed by atoms with Crippen molar-refractivity contribution < 1.29 is 19.1 Å². The molecule has 0 bridgehead atoms. The Morgan fingerprint density at radius 3 is 2.38 bits per heavy atom. The summed E-state index contributed by atoms with van der Waals surface area (Å²) in [6, 6.07) is 5.32. The molecule has 0 aromatic heterocycles. The lowest BCUT2D eigenvalue weighted by atomic mass is 9.81. The van der Waals surface area contributed by atoms with Crippen molar-refractivity contribution >= 4 is 29.1 Å². The van der Waals surface area contributed by atoms with Gasteiger partial charge in [0.15, 0.2) is 0 Å². The number of likely N-dealkylation sites (tertiary alicyclic amines) is 1. The summed E-state index contributed by atoms with van der Waals surface area (Å²) in [4.78, 5) is 42.8. The van der Waals surface area contributed by atoms with Crippen LogP contribution in [-0.4, -0.2) is 41.6 Å². The Balaban J connectivity index is 1.62. The first-order valence-corrected chi connectivity index (χ1v) is 11.5. The Morgan fingerprint density at radius 1 is 1.19 bits per heavy atom. The van der Waals surface area contributed by atoms with Gasteiger partial charge in [-0.05, 0) is 63.8 Å². The van der Waals surface area contributed by atoms with E-state index in [0.29, 0.717) is 6.42 Å². The topological polar surface area (TPSA) is 79.0 Å². The minimum absolute atomic E-state index is 0.134. The van der Waals surface area contributed by atoms with Crippen LogP contribution >= 0.6 is 0 Å². The molecule has 2 heterocycles. The minimum Gasteiger partial charge on any atom is -0.497 e. The second-order valence-electron chi connectivity index (χ2n) is 9.62. The molecule has 1 aromatic rings. The lowest BCUT2D eigenvalue weighted by Crippen LogP contribution is -2.59. The Bertz CT molecular complexity index is 959. The van der Waals surface area contributed by atoms with Gasteiger partial charge in [-0.25, -0.2) is 4.79 Å². The van der Waals surface area contributed by atoms with Crippen molar-refractivity contribution in [2.75, 3.05) is 12.0 Å². The van der Waals surface area contributed by atoms with Gasteiger partial charge >= 0.3 is 6.03 Å². The van der Waals surface area contributed by atoms with Crippen molar-refractivity contribution in [1.29, 1.82) is 0 Å². The molecule has 0 radical (unpaired) electrons. The van der Waals surface area contributed by atoms with Crippen molar-refractivity contribution in [2.45, 2.75) is 71.5 Å². The predicted octanol–water partition coefficient (Wildman–Crippen LogP) is 4.32. The van der Waals surface area contributed by atoms with Crippen LogP contribution in [0.1, 0.15) is 65.4 Å². The molecule has 3 unspecified atom stereocenters. The van der Waals surface area contributed by atoms with Gasteiger partial charge < -0.3 is 10.1 Å². The first-order valence-electron chi connectivity index (χ1n) is 11.5. The SMILES string of the molecule is CCC(NC(=O)N1c2ccc(OC)cc2C(C)=CC1(C)C)N1C(=O)C2CCCCC2C1=O. The normalized spacial score (nSPS) is 25.1. The summed E-state index contributed by atoms with van der Waals surface area (Å²) >= 11 is 0. The molecule has 7 heteroatoms. The number of anilines is 1. The number of allylic oxidation sites excluding steroid dienone is 1. The van der Waals surface area contributed by atoms with Gasteiger partial charge in [0.25, 0.3) is 0 Å². The van der Waals surface area contributed by atoms with Crippen molar-refractivity contribution in [1.82, 2.24) is 10.2 Å². The van der Waals surface area contributed by atoms with Gasteiger partial charge in [0, 0.05) is 5.56 Å². The van der Waals surface area contributed by atoms with Gasteiger partial charge in [-0.1, -0.05) is 25.8 Å². The fraction of sp³-hybridized carbons (Fsp3) is 0.560. The molecule has 1 aromatic carbocycles. The summed E-state index contributed by atoms with van der Waals surface area (Å²) in [5.41, 5.74) is 2.18. The third-order valence-corrected chi connectivity index (χ3v) is 7.08. The van der Waals surface area contributed by atoms with E-state index >= 15 is 0 Å². The Kier molecular flexibility index (Phi) is 5.77. The molecule has 4 rings (SSSR count). The number of benzene rings is 1. The molecule has 32 heavy (non-hydrogen) atoms. The molecule has 7 nitrogen and oxygen atoms in total. The Hall–Kier alpha value is -2.83. The molecule has 1 aliphatic carbocycles. The minimum atomic E-state index is -0.655. The summed E-state index contributed by atoms with van der Waals surface area (Å²) in [5, 5.41) is 3.00. The van der Waals surface area contributed by atoms with E-state index in [4.69, 9.17) is 4.74 Å². The summed E-state index contributed by atoms with van der Waals surface area (Å²) < 4.78 is 5.37. The average molecular weight is 440 g/mol.